The Balaban J connectivity index is 1.46. The Kier molecular flexibility index (Phi) is 3.98. The zero-order valence-corrected chi connectivity index (χ0v) is 14.2. The van der Waals surface area contributed by atoms with Crippen LogP contribution in [-0.4, -0.2) is 24.8 Å². The number of carbonyl (C=O) groups is 1. The minimum atomic E-state index is -0.622. The quantitative estimate of drug-likeness (QED) is 0.571. The molecule has 4 rings (SSSR count). The average molecular weight is 367 g/mol. The average Bonchev–Trinajstić information content (AvgIpc) is 3.20. The highest BCUT2D eigenvalue weighted by Crippen LogP contribution is 2.23. The van der Waals surface area contributed by atoms with Crippen LogP contribution in [-0.2, 0) is 11.3 Å². The number of rotatable bonds is 4. The van der Waals surface area contributed by atoms with Crippen LogP contribution in [0.1, 0.15) is 0 Å². The number of carbonyl (C=O) groups excluding carboxylic acids is 1. The first-order chi connectivity index (χ1) is 12.6. The second-order valence-corrected chi connectivity index (χ2v) is 6.46. The first kappa shape index (κ1) is 16.0. The molecule has 26 heavy (non-hydrogen) atoms. The molecule has 0 bridgehead atoms. The van der Waals surface area contributed by atoms with E-state index in [-0.39, 0.29) is 12.5 Å². The summed E-state index contributed by atoms with van der Waals surface area (Å²) in [7, 11) is 0. The fraction of sp³-hybridized carbons (Fsp3) is 0.0588. The molecule has 130 valence electrons. The third-order valence-corrected chi connectivity index (χ3v) is 4.54. The number of imidazole rings is 1. The summed E-state index contributed by atoms with van der Waals surface area (Å²) in [6, 6.07) is 8.48. The minimum Gasteiger partial charge on any atom is -0.325 e. The molecular weight excluding hydrogens is 354 g/mol. The van der Waals surface area contributed by atoms with Crippen molar-refractivity contribution in [2.75, 3.05) is 5.32 Å². The van der Waals surface area contributed by atoms with Crippen LogP contribution >= 0.6 is 11.3 Å². The van der Waals surface area contributed by atoms with E-state index in [2.05, 4.69) is 15.3 Å². The second kappa shape index (κ2) is 6.45. The molecule has 0 saturated carbocycles. The molecule has 3 heterocycles. The van der Waals surface area contributed by atoms with Gasteiger partial charge in [-0.15, -0.1) is 11.3 Å². The summed E-state index contributed by atoms with van der Waals surface area (Å²) >= 11 is 1.56. The molecule has 1 aromatic carbocycles. The van der Waals surface area contributed by atoms with Crippen LogP contribution in [0.15, 0.2) is 63.9 Å². The van der Waals surface area contributed by atoms with Crippen molar-refractivity contribution >= 4 is 27.9 Å². The Labute approximate surface area is 150 Å². The van der Waals surface area contributed by atoms with Crippen molar-refractivity contribution in [3.05, 3.63) is 75.1 Å². The summed E-state index contributed by atoms with van der Waals surface area (Å²) in [5.74, 6) is -0.366. The molecule has 1 amide bonds. The van der Waals surface area contributed by atoms with Crippen molar-refractivity contribution in [1.29, 1.82) is 0 Å². The number of aromatic nitrogens is 4. The van der Waals surface area contributed by atoms with Crippen molar-refractivity contribution in [1.82, 2.24) is 18.9 Å². The number of hydrogen-bond acceptors (Lipinski definition) is 5. The van der Waals surface area contributed by atoms with Gasteiger partial charge in [-0.05, 0) is 12.1 Å². The Morgan fingerprint density at radius 3 is 2.69 bits per heavy atom. The molecule has 0 unspecified atom stereocenters. The van der Waals surface area contributed by atoms with Gasteiger partial charge in [-0.2, -0.15) is 0 Å². The molecule has 0 aliphatic rings. The van der Waals surface area contributed by atoms with E-state index in [0.717, 1.165) is 20.8 Å². The normalized spacial score (nSPS) is 10.9. The molecule has 0 saturated heterocycles. The first-order valence-corrected chi connectivity index (χ1v) is 8.59. The van der Waals surface area contributed by atoms with Gasteiger partial charge in [0.15, 0.2) is 4.96 Å². The zero-order valence-electron chi connectivity index (χ0n) is 13.4. The number of nitrogens with zero attached hydrogens (tertiary/aromatic N) is 3. The lowest BCUT2D eigenvalue weighted by Gasteiger charge is -2.07. The number of anilines is 1. The summed E-state index contributed by atoms with van der Waals surface area (Å²) in [4.78, 5) is 42.3. The van der Waals surface area contributed by atoms with Crippen LogP contribution in [0.2, 0.25) is 0 Å². The first-order valence-electron chi connectivity index (χ1n) is 7.71. The monoisotopic (exact) mass is 367 g/mol. The molecule has 8 nitrogen and oxygen atoms in total. The highest BCUT2D eigenvalue weighted by atomic mass is 32.1. The predicted octanol–water partition coefficient (Wildman–Crippen LogP) is 1.55. The van der Waals surface area contributed by atoms with Crippen LogP contribution in [0.4, 0.5) is 5.69 Å². The van der Waals surface area contributed by atoms with Gasteiger partial charge in [0.25, 0.3) is 5.56 Å². The molecule has 2 N–H and O–H groups in total. The largest absolute Gasteiger partial charge is 0.328 e. The Morgan fingerprint density at radius 1 is 1.15 bits per heavy atom. The molecule has 0 radical (unpaired) electrons. The number of aromatic amines is 1. The summed E-state index contributed by atoms with van der Waals surface area (Å²) in [6.07, 6.45) is 5.18. The lowest BCUT2D eigenvalue weighted by molar-refractivity contribution is -0.116. The van der Waals surface area contributed by atoms with Crippen molar-refractivity contribution in [2.45, 2.75) is 6.54 Å². The van der Waals surface area contributed by atoms with Gasteiger partial charge in [-0.1, -0.05) is 12.1 Å². The third kappa shape index (κ3) is 3.20. The zero-order chi connectivity index (χ0) is 18.1. The molecule has 0 aliphatic carbocycles. The maximum Gasteiger partial charge on any atom is 0.328 e. The van der Waals surface area contributed by atoms with Crippen molar-refractivity contribution in [2.24, 2.45) is 0 Å². The Hall–Kier alpha value is -3.46. The predicted molar refractivity (Wildman–Crippen MR) is 98.5 cm³/mol. The highest BCUT2D eigenvalue weighted by molar-refractivity contribution is 7.15. The number of H-pyrrole nitrogens is 1. The van der Waals surface area contributed by atoms with Crippen molar-refractivity contribution in [3.8, 4) is 11.3 Å². The van der Waals surface area contributed by atoms with E-state index < -0.39 is 11.2 Å². The molecule has 0 spiro atoms. The minimum absolute atomic E-state index is 0.186. The summed E-state index contributed by atoms with van der Waals surface area (Å²) in [6.45, 7) is -0.186. The maximum absolute atomic E-state index is 12.1. The molecule has 0 atom stereocenters. The number of hydrogen-bond donors (Lipinski definition) is 2. The lowest BCUT2D eigenvalue weighted by Crippen LogP contribution is -2.32. The van der Waals surface area contributed by atoms with Gasteiger partial charge < -0.3 is 5.32 Å². The number of nitrogens with one attached hydrogen (secondary N) is 2. The van der Waals surface area contributed by atoms with E-state index >= 15 is 0 Å². The topological polar surface area (TPSA) is 101 Å². The molecule has 0 aliphatic heterocycles. The maximum atomic E-state index is 12.1. The molecule has 4 aromatic rings. The summed E-state index contributed by atoms with van der Waals surface area (Å²) in [5, 5.41) is 4.69. The van der Waals surface area contributed by atoms with Crippen LogP contribution < -0.4 is 16.6 Å². The van der Waals surface area contributed by atoms with Crippen LogP contribution in [0.3, 0.4) is 0 Å². The van der Waals surface area contributed by atoms with Crippen molar-refractivity contribution in [3.63, 3.8) is 0 Å². The Bertz CT molecular complexity index is 1170. The summed E-state index contributed by atoms with van der Waals surface area (Å²) in [5.41, 5.74) is 1.28. The van der Waals surface area contributed by atoms with E-state index in [4.69, 9.17) is 0 Å². The fourth-order valence-corrected chi connectivity index (χ4v) is 3.21. The van der Waals surface area contributed by atoms with Crippen LogP contribution in [0.25, 0.3) is 16.2 Å². The number of fused-ring (bicyclic) bond motifs is 1. The smallest absolute Gasteiger partial charge is 0.325 e. The van der Waals surface area contributed by atoms with Crippen molar-refractivity contribution < 1.29 is 4.79 Å². The van der Waals surface area contributed by atoms with E-state index in [9.17, 15) is 14.4 Å². The lowest BCUT2D eigenvalue weighted by atomic mass is 10.1. The molecule has 9 heteroatoms. The van der Waals surface area contributed by atoms with E-state index in [1.807, 2.05) is 34.3 Å². The SMILES string of the molecule is O=C(Cn1ccc(=O)[nH]c1=O)Nc1ccc(-c2cn3ccsc3n2)cc1. The molecule has 0 fully saturated rings. The third-order valence-electron chi connectivity index (χ3n) is 3.77. The van der Waals surface area contributed by atoms with E-state index in [1.165, 1.54) is 12.3 Å². The van der Waals surface area contributed by atoms with E-state index in [0.29, 0.717) is 5.69 Å². The van der Waals surface area contributed by atoms with Gasteiger partial charge in [0.05, 0.1) is 5.69 Å². The number of benzene rings is 1. The van der Waals surface area contributed by atoms with E-state index in [1.54, 1.807) is 23.5 Å². The number of amides is 1. The van der Waals surface area contributed by atoms with Gasteiger partial charge in [-0.3, -0.25) is 23.5 Å². The Morgan fingerprint density at radius 2 is 1.96 bits per heavy atom. The van der Waals surface area contributed by atoms with Gasteiger partial charge in [-0.25, -0.2) is 9.78 Å². The highest BCUT2D eigenvalue weighted by Gasteiger charge is 2.08. The van der Waals surface area contributed by atoms with Gasteiger partial charge in [0.2, 0.25) is 5.91 Å². The van der Waals surface area contributed by atoms with Crippen LogP contribution in [0, 0.1) is 0 Å². The van der Waals surface area contributed by atoms with Crippen LogP contribution in [0.5, 0.6) is 0 Å². The van der Waals surface area contributed by atoms with Gasteiger partial charge in [0, 0.05) is 41.3 Å². The second-order valence-electron chi connectivity index (χ2n) is 5.58. The number of thiazole rings is 1. The summed E-state index contributed by atoms with van der Waals surface area (Å²) < 4.78 is 3.08. The standard InChI is InChI=1S/C17H13N5O3S/c23-14-5-6-21(16(25)20-14)10-15(24)18-12-3-1-11(2-4-12)13-9-22-7-8-26-17(22)19-13/h1-9H,10H2,(H,18,24)(H,20,23,25). The van der Waals surface area contributed by atoms with Gasteiger partial charge in [0.1, 0.15) is 6.54 Å². The fourth-order valence-electron chi connectivity index (χ4n) is 2.51. The van der Waals surface area contributed by atoms with Gasteiger partial charge >= 0.3 is 5.69 Å². The molecular formula is C17H13N5O3S. The molecule has 3 aromatic heterocycles.